The third-order valence-corrected chi connectivity index (χ3v) is 4.33. The number of rotatable bonds is 7. The first-order valence-electron chi connectivity index (χ1n) is 7.18. The number of nitrogens with one attached hydrogen (secondary N) is 2. The van der Waals surface area contributed by atoms with Crippen molar-refractivity contribution in [1.82, 2.24) is 4.72 Å². The van der Waals surface area contributed by atoms with E-state index in [1.54, 1.807) is 45.0 Å². The smallest absolute Gasteiger partial charge is 0.243 e. The number of amides is 1. The van der Waals surface area contributed by atoms with Crippen molar-refractivity contribution >= 4 is 34.0 Å². The molecule has 24 heavy (non-hydrogen) atoms. The molecule has 1 rings (SSSR count). The molecule has 9 heteroatoms. The lowest BCUT2D eigenvalue weighted by molar-refractivity contribution is -0.118. The third-order valence-electron chi connectivity index (χ3n) is 2.70. The number of carbonyl (C=O) groups excluding carboxylic acids is 1. The first kappa shape index (κ1) is 22.8. The van der Waals surface area contributed by atoms with E-state index in [9.17, 15) is 13.2 Å². The van der Waals surface area contributed by atoms with Crippen molar-refractivity contribution in [2.45, 2.75) is 38.1 Å². The number of halogens is 1. The van der Waals surface area contributed by atoms with Crippen LogP contribution in [0.4, 0.5) is 5.69 Å². The van der Waals surface area contributed by atoms with Crippen LogP contribution >= 0.6 is 12.4 Å². The zero-order chi connectivity index (χ0) is 17.7. The number of nitrogens with two attached hydrogens (primary N) is 1. The van der Waals surface area contributed by atoms with Crippen molar-refractivity contribution < 1.29 is 17.9 Å². The van der Waals surface area contributed by atoms with Crippen LogP contribution in [0.25, 0.3) is 0 Å². The Morgan fingerprint density at radius 1 is 1.33 bits per heavy atom. The summed E-state index contributed by atoms with van der Waals surface area (Å²) in [4.78, 5) is 11.8. The predicted molar refractivity (Wildman–Crippen MR) is 97.7 cm³/mol. The topological polar surface area (TPSA) is 111 Å². The largest absolute Gasteiger partial charge is 0.383 e. The van der Waals surface area contributed by atoms with Crippen molar-refractivity contribution in [2.75, 3.05) is 19.0 Å². The monoisotopic (exact) mass is 379 g/mol. The number of ether oxygens (including phenoxy) is 1. The molecule has 0 radical (unpaired) electrons. The molecular formula is C15H26ClN3O4S. The summed E-state index contributed by atoms with van der Waals surface area (Å²) in [5, 5.41) is 2.64. The van der Waals surface area contributed by atoms with Crippen LogP contribution in [0.5, 0.6) is 0 Å². The van der Waals surface area contributed by atoms with Gasteiger partial charge in [-0.15, -0.1) is 12.4 Å². The van der Waals surface area contributed by atoms with Crippen LogP contribution in [0.1, 0.15) is 26.3 Å². The van der Waals surface area contributed by atoms with E-state index in [2.05, 4.69) is 10.0 Å². The second-order valence-corrected chi connectivity index (χ2v) is 8.08. The predicted octanol–water partition coefficient (Wildman–Crippen LogP) is 1.24. The molecule has 0 aliphatic heterocycles. The van der Waals surface area contributed by atoms with Gasteiger partial charge in [-0.1, -0.05) is 12.1 Å². The Morgan fingerprint density at radius 3 is 2.50 bits per heavy atom. The lowest BCUT2D eigenvalue weighted by atomic mass is 10.1. The summed E-state index contributed by atoms with van der Waals surface area (Å²) in [5.74, 6) is -0.558. The fourth-order valence-electron chi connectivity index (χ4n) is 1.95. The maximum absolute atomic E-state index is 12.1. The molecule has 0 fully saturated rings. The van der Waals surface area contributed by atoms with E-state index in [0.717, 1.165) is 0 Å². The maximum atomic E-state index is 12.1. The molecule has 1 aromatic carbocycles. The van der Waals surface area contributed by atoms with Gasteiger partial charge in [0.2, 0.25) is 15.9 Å². The zero-order valence-electron chi connectivity index (χ0n) is 14.3. The van der Waals surface area contributed by atoms with Crippen molar-refractivity contribution in [3.8, 4) is 0 Å². The SMILES string of the molecule is COCC(N)C(=O)Nc1cccc(CS(=O)(=O)NC(C)(C)C)c1.Cl. The molecule has 1 unspecified atom stereocenters. The van der Waals surface area contributed by atoms with Gasteiger partial charge in [0.25, 0.3) is 0 Å². The molecule has 0 heterocycles. The summed E-state index contributed by atoms with van der Waals surface area (Å²) in [5.41, 5.74) is 6.16. The van der Waals surface area contributed by atoms with Crippen LogP contribution in [0.3, 0.4) is 0 Å². The highest BCUT2D eigenvalue weighted by atomic mass is 35.5. The highest BCUT2D eigenvalue weighted by Crippen LogP contribution is 2.14. The number of hydrogen-bond acceptors (Lipinski definition) is 5. The molecule has 0 saturated heterocycles. The lowest BCUT2D eigenvalue weighted by Gasteiger charge is -2.20. The number of methoxy groups -OCH3 is 1. The summed E-state index contributed by atoms with van der Waals surface area (Å²) in [6.45, 7) is 5.44. The second kappa shape index (κ2) is 9.33. The van der Waals surface area contributed by atoms with Gasteiger partial charge >= 0.3 is 0 Å². The van der Waals surface area contributed by atoms with E-state index in [4.69, 9.17) is 10.5 Å². The van der Waals surface area contributed by atoms with Gasteiger partial charge < -0.3 is 15.8 Å². The molecule has 4 N–H and O–H groups in total. The lowest BCUT2D eigenvalue weighted by Crippen LogP contribution is -2.41. The normalized spacial score (nSPS) is 13.0. The second-order valence-electron chi connectivity index (χ2n) is 6.36. The Hall–Kier alpha value is -1.19. The minimum absolute atomic E-state index is 0. The summed E-state index contributed by atoms with van der Waals surface area (Å²) in [6, 6.07) is 5.87. The van der Waals surface area contributed by atoms with Crippen LogP contribution < -0.4 is 15.8 Å². The minimum atomic E-state index is -3.47. The first-order valence-corrected chi connectivity index (χ1v) is 8.83. The quantitative estimate of drug-likeness (QED) is 0.660. The summed E-state index contributed by atoms with van der Waals surface area (Å²) >= 11 is 0. The van der Waals surface area contributed by atoms with Crippen molar-refractivity contribution in [1.29, 1.82) is 0 Å². The summed E-state index contributed by atoms with van der Waals surface area (Å²) in [7, 11) is -2.01. The van der Waals surface area contributed by atoms with Gasteiger partial charge in [-0.2, -0.15) is 0 Å². The minimum Gasteiger partial charge on any atom is -0.383 e. The molecule has 1 atom stereocenters. The number of sulfonamides is 1. The Balaban J connectivity index is 0.00000529. The van der Waals surface area contributed by atoms with Gasteiger partial charge in [0.1, 0.15) is 6.04 Å². The fraction of sp³-hybridized carbons (Fsp3) is 0.533. The van der Waals surface area contributed by atoms with E-state index >= 15 is 0 Å². The molecule has 0 saturated carbocycles. The number of hydrogen-bond donors (Lipinski definition) is 3. The van der Waals surface area contributed by atoms with Crippen LogP contribution in [0.2, 0.25) is 0 Å². The van der Waals surface area contributed by atoms with Gasteiger partial charge in [0.05, 0.1) is 12.4 Å². The molecular weight excluding hydrogens is 354 g/mol. The van der Waals surface area contributed by atoms with E-state index in [-0.39, 0.29) is 30.7 Å². The van der Waals surface area contributed by atoms with Crippen LogP contribution in [0.15, 0.2) is 24.3 Å². The Bertz CT molecular complexity index is 644. The highest BCUT2D eigenvalue weighted by molar-refractivity contribution is 7.88. The molecule has 7 nitrogen and oxygen atoms in total. The third kappa shape index (κ3) is 8.60. The molecule has 0 aliphatic carbocycles. The van der Waals surface area contributed by atoms with Gasteiger partial charge in [-0.3, -0.25) is 4.79 Å². The average molecular weight is 380 g/mol. The Morgan fingerprint density at radius 2 is 1.96 bits per heavy atom. The van der Waals surface area contributed by atoms with Gasteiger partial charge in [-0.25, -0.2) is 13.1 Å². The molecule has 1 aromatic rings. The Kier molecular flexibility index (Phi) is 8.87. The van der Waals surface area contributed by atoms with Crippen molar-refractivity contribution in [2.24, 2.45) is 5.73 Å². The molecule has 1 amide bonds. The van der Waals surface area contributed by atoms with Crippen LogP contribution in [-0.4, -0.2) is 39.6 Å². The summed E-state index contributed by atoms with van der Waals surface area (Å²) < 4.78 is 31.6. The molecule has 0 bridgehead atoms. The van der Waals surface area contributed by atoms with E-state index in [1.807, 2.05) is 0 Å². The number of carbonyl (C=O) groups is 1. The molecule has 0 aromatic heterocycles. The first-order chi connectivity index (χ1) is 10.5. The average Bonchev–Trinajstić information content (AvgIpc) is 2.35. The van der Waals surface area contributed by atoms with Crippen molar-refractivity contribution in [3.05, 3.63) is 29.8 Å². The Labute approximate surface area is 149 Å². The number of anilines is 1. The van der Waals surface area contributed by atoms with E-state index in [1.165, 1.54) is 7.11 Å². The van der Waals surface area contributed by atoms with E-state index < -0.39 is 21.6 Å². The molecule has 138 valence electrons. The van der Waals surface area contributed by atoms with Crippen LogP contribution in [-0.2, 0) is 25.3 Å². The van der Waals surface area contributed by atoms with Gasteiger partial charge in [0.15, 0.2) is 0 Å². The molecule has 0 aliphatic rings. The van der Waals surface area contributed by atoms with Gasteiger partial charge in [0, 0.05) is 18.3 Å². The highest BCUT2D eigenvalue weighted by Gasteiger charge is 2.20. The van der Waals surface area contributed by atoms with E-state index in [0.29, 0.717) is 11.3 Å². The zero-order valence-corrected chi connectivity index (χ0v) is 16.0. The molecule has 0 spiro atoms. The standard InChI is InChI=1S/C15H25N3O4S.ClH/c1-15(2,3)18-23(20,21)10-11-6-5-7-12(8-11)17-14(19)13(16)9-22-4;/h5-8,13,18H,9-10,16H2,1-4H3,(H,17,19);1H. The maximum Gasteiger partial charge on any atom is 0.243 e. The van der Waals surface area contributed by atoms with Gasteiger partial charge in [-0.05, 0) is 38.5 Å². The van der Waals surface area contributed by atoms with Crippen LogP contribution in [0, 0.1) is 0 Å². The summed E-state index contributed by atoms with van der Waals surface area (Å²) in [6.07, 6.45) is 0. The van der Waals surface area contributed by atoms with Crippen molar-refractivity contribution in [3.63, 3.8) is 0 Å². The fourth-order valence-corrected chi connectivity index (χ4v) is 3.57. The number of benzene rings is 1.